The average molecular weight is 227 g/mol. The van der Waals surface area contributed by atoms with E-state index in [1.54, 1.807) is 0 Å². The van der Waals surface area contributed by atoms with Crippen molar-refractivity contribution in [2.24, 2.45) is 5.73 Å². The number of rotatable bonds is 3. The number of halogens is 1. The molecule has 0 aromatic carbocycles. The highest BCUT2D eigenvalue weighted by Gasteiger charge is 1.97. The van der Waals surface area contributed by atoms with Gasteiger partial charge >= 0.3 is 0 Å². The Hall–Kier alpha value is 0.690. The average Bonchev–Trinajstić information content (AvgIpc) is 1.61. The van der Waals surface area contributed by atoms with Crippen molar-refractivity contribution in [1.29, 1.82) is 0 Å². The van der Waals surface area contributed by atoms with E-state index < -0.39 is 0 Å². The second-order valence-electron chi connectivity index (χ2n) is 2.34. The number of alkyl halides is 1. The maximum Gasteiger partial charge on any atom is 0.00819 e. The molecule has 0 spiro atoms. The highest BCUT2D eigenvalue weighted by molar-refractivity contribution is 14.1. The monoisotopic (exact) mass is 227 g/mol. The molecule has 8 heavy (non-hydrogen) atoms. The zero-order valence-corrected chi connectivity index (χ0v) is 7.68. The van der Waals surface area contributed by atoms with Crippen LogP contribution in [0, 0.1) is 0 Å². The Morgan fingerprint density at radius 1 is 1.38 bits per heavy atom. The molecule has 0 fully saturated rings. The Kier molecular flexibility index (Phi) is 4.95. The third-order valence-electron chi connectivity index (χ3n) is 1.02. The summed E-state index contributed by atoms with van der Waals surface area (Å²) in [5.74, 6) is 0. The standard InChI is InChI=1S/C6H14IN/c1-5(7)3-4-6(2)8/h5-6H,3-4,8H2,1-2H3. The Morgan fingerprint density at radius 3 is 2.00 bits per heavy atom. The molecule has 0 aliphatic rings. The fraction of sp³-hybridized carbons (Fsp3) is 1.00. The maximum atomic E-state index is 5.54. The molecule has 0 aliphatic heterocycles. The van der Waals surface area contributed by atoms with Gasteiger partial charge in [-0.25, -0.2) is 0 Å². The van der Waals surface area contributed by atoms with E-state index >= 15 is 0 Å². The topological polar surface area (TPSA) is 26.0 Å². The first-order valence-electron chi connectivity index (χ1n) is 3.02. The molecule has 0 heterocycles. The van der Waals surface area contributed by atoms with Crippen LogP contribution in [-0.4, -0.2) is 9.97 Å². The molecule has 1 nitrogen and oxygen atoms in total. The molecule has 2 atom stereocenters. The summed E-state index contributed by atoms with van der Waals surface area (Å²) in [7, 11) is 0. The van der Waals surface area contributed by atoms with Crippen molar-refractivity contribution in [2.75, 3.05) is 0 Å². The van der Waals surface area contributed by atoms with Gasteiger partial charge in [0.2, 0.25) is 0 Å². The van der Waals surface area contributed by atoms with Crippen molar-refractivity contribution in [1.82, 2.24) is 0 Å². The lowest BCUT2D eigenvalue weighted by molar-refractivity contribution is 0.629. The van der Waals surface area contributed by atoms with Crippen LogP contribution in [0.2, 0.25) is 0 Å². The van der Waals surface area contributed by atoms with Gasteiger partial charge in [-0.3, -0.25) is 0 Å². The summed E-state index contributed by atoms with van der Waals surface area (Å²) in [5, 5.41) is 0. The molecule has 50 valence electrons. The molecule has 0 rings (SSSR count). The quantitative estimate of drug-likeness (QED) is 0.578. The van der Waals surface area contributed by atoms with Crippen molar-refractivity contribution in [3.05, 3.63) is 0 Å². The maximum absolute atomic E-state index is 5.54. The van der Waals surface area contributed by atoms with Crippen LogP contribution < -0.4 is 5.73 Å². The van der Waals surface area contributed by atoms with Crippen LogP contribution in [0.3, 0.4) is 0 Å². The summed E-state index contributed by atoms with van der Waals surface area (Å²) < 4.78 is 0.776. The van der Waals surface area contributed by atoms with Gasteiger partial charge in [0.05, 0.1) is 0 Å². The summed E-state index contributed by atoms with van der Waals surface area (Å²) in [4.78, 5) is 0. The first kappa shape index (κ1) is 8.69. The summed E-state index contributed by atoms with van der Waals surface area (Å²) >= 11 is 2.42. The van der Waals surface area contributed by atoms with Crippen molar-refractivity contribution in [2.45, 2.75) is 36.7 Å². The number of nitrogens with two attached hydrogens (primary N) is 1. The second-order valence-corrected chi connectivity index (χ2v) is 4.46. The van der Waals surface area contributed by atoms with Gasteiger partial charge in [0, 0.05) is 9.97 Å². The molecule has 0 aliphatic carbocycles. The third kappa shape index (κ3) is 6.69. The smallest absolute Gasteiger partial charge is 0.00819 e. The zero-order valence-electron chi connectivity index (χ0n) is 5.52. The largest absolute Gasteiger partial charge is 0.328 e. The fourth-order valence-electron chi connectivity index (χ4n) is 0.493. The SMILES string of the molecule is CC(N)CCC(C)I. The number of hydrogen-bond donors (Lipinski definition) is 1. The first-order valence-corrected chi connectivity index (χ1v) is 4.27. The van der Waals surface area contributed by atoms with Gasteiger partial charge in [0.1, 0.15) is 0 Å². The van der Waals surface area contributed by atoms with Gasteiger partial charge in [0.25, 0.3) is 0 Å². The van der Waals surface area contributed by atoms with Crippen molar-refractivity contribution in [3.63, 3.8) is 0 Å². The van der Waals surface area contributed by atoms with E-state index in [1.807, 2.05) is 0 Å². The normalized spacial score (nSPS) is 18.0. The minimum Gasteiger partial charge on any atom is -0.328 e. The molecule has 0 saturated carbocycles. The third-order valence-corrected chi connectivity index (χ3v) is 1.64. The minimum atomic E-state index is 0.382. The van der Waals surface area contributed by atoms with Crippen molar-refractivity contribution >= 4 is 22.6 Å². The van der Waals surface area contributed by atoms with Gasteiger partial charge in [-0.15, -0.1) is 0 Å². The predicted molar refractivity (Wildman–Crippen MR) is 46.4 cm³/mol. The Bertz CT molecular complexity index is 44.5. The Labute approximate surface area is 65.2 Å². The lowest BCUT2D eigenvalue weighted by atomic mass is 10.2. The van der Waals surface area contributed by atoms with Crippen molar-refractivity contribution < 1.29 is 0 Å². The summed E-state index contributed by atoms with van der Waals surface area (Å²) in [6.45, 7) is 4.27. The molecule has 0 bridgehead atoms. The summed E-state index contributed by atoms with van der Waals surface area (Å²) in [5.41, 5.74) is 5.54. The van der Waals surface area contributed by atoms with Crippen LogP contribution in [0.1, 0.15) is 26.7 Å². The zero-order chi connectivity index (χ0) is 6.57. The lowest BCUT2D eigenvalue weighted by Crippen LogP contribution is -2.15. The second kappa shape index (κ2) is 4.56. The van der Waals surface area contributed by atoms with Crippen LogP contribution in [0.25, 0.3) is 0 Å². The highest BCUT2D eigenvalue weighted by Crippen LogP contribution is 2.07. The van der Waals surface area contributed by atoms with Crippen LogP contribution in [0.15, 0.2) is 0 Å². The van der Waals surface area contributed by atoms with Gasteiger partial charge in [-0.05, 0) is 19.8 Å². The molecular weight excluding hydrogens is 213 g/mol. The summed E-state index contributed by atoms with van der Waals surface area (Å²) in [6, 6.07) is 0.382. The minimum absolute atomic E-state index is 0.382. The number of hydrogen-bond acceptors (Lipinski definition) is 1. The molecule has 2 heteroatoms. The van der Waals surface area contributed by atoms with Crippen molar-refractivity contribution in [3.8, 4) is 0 Å². The fourth-order valence-corrected chi connectivity index (χ4v) is 0.852. The van der Waals surface area contributed by atoms with Crippen LogP contribution in [0.5, 0.6) is 0 Å². The molecule has 0 radical (unpaired) electrons. The van der Waals surface area contributed by atoms with Gasteiger partial charge in [-0.1, -0.05) is 29.5 Å². The molecule has 0 aromatic heterocycles. The Balaban J connectivity index is 2.93. The lowest BCUT2D eigenvalue weighted by Gasteiger charge is -2.04. The first-order chi connectivity index (χ1) is 3.63. The van der Waals surface area contributed by atoms with E-state index in [-0.39, 0.29) is 0 Å². The van der Waals surface area contributed by atoms with Gasteiger partial charge in [-0.2, -0.15) is 0 Å². The van der Waals surface area contributed by atoms with Crippen LogP contribution in [0.4, 0.5) is 0 Å². The van der Waals surface area contributed by atoms with Crippen LogP contribution in [-0.2, 0) is 0 Å². The predicted octanol–water partition coefficient (Wildman–Crippen LogP) is 1.94. The molecule has 0 aromatic rings. The molecule has 2 unspecified atom stereocenters. The summed E-state index contributed by atoms with van der Waals surface area (Å²) in [6.07, 6.45) is 2.41. The van der Waals surface area contributed by atoms with E-state index in [2.05, 4.69) is 36.4 Å². The molecular formula is C6H14IN. The van der Waals surface area contributed by atoms with E-state index in [0.717, 1.165) is 10.3 Å². The van der Waals surface area contributed by atoms with E-state index in [4.69, 9.17) is 5.73 Å². The van der Waals surface area contributed by atoms with E-state index in [9.17, 15) is 0 Å². The van der Waals surface area contributed by atoms with E-state index in [0.29, 0.717) is 6.04 Å². The Morgan fingerprint density at radius 2 is 1.88 bits per heavy atom. The molecule has 0 saturated heterocycles. The van der Waals surface area contributed by atoms with E-state index in [1.165, 1.54) is 6.42 Å². The van der Waals surface area contributed by atoms with Gasteiger partial charge in [0.15, 0.2) is 0 Å². The molecule has 0 amide bonds. The van der Waals surface area contributed by atoms with Gasteiger partial charge < -0.3 is 5.73 Å². The molecule has 2 N–H and O–H groups in total. The highest BCUT2D eigenvalue weighted by atomic mass is 127. The van der Waals surface area contributed by atoms with Crippen LogP contribution >= 0.6 is 22.6 Å².